The fourth-order valence-corrected chi connectivity index (χ4v) is 2.64. The van der Waals surface area contributed by atoms with E-state index in [0.717, 1.165) is 17.3 Å². The van der Waals surface area contributed by atoms with Gasteiger partial charge in [0.1, 0.15) is 0 Å². The van der Waals surface area contributed by atoms with Crippen LogP contribution in [0.4, 0.5) is 0 Å². The number of rotatable bonds is 5. The molecule has 1 aliphatic heterocycles. The second-order valence-corrected chi connectivity index (χ2v) is 6.07. The van der Waals surface area contributed by atoms with Gasteiger partial charge in [-0.3, -0.25) is 4.79 Å². The molecule has 1 aromatic rings. The summed E-state index contributed by atoms with van der Waals surface area (Å²) >= 11 is 3.30. The molecule has 1 aromatic carbocycles. The van der Waals surface area contributed by atoms with Crippen molar-refractivity contribution in [3.8, 4) is 0 Å². The number of hydrogen-bond acceptors (Lipinski definition) is 3. The van der Waals surface area contributed by atoms with Gasteiger partial charge in [0.15, 0.2) is 6.04 Å². The minimum Gasteiger partial charge on any atom is -0.479 e. The second-order valence-electron chi connectivity index (χ2n) is 5.15. The zero-order chi connectivity index (χ0) is 15.2. The van der Waals surface area contributed by atoms with Crippen molar-refractivity contribution in [3.63, 3.8) is 0 Å². The molecule has 2 N–H and O–H groups in total. The fourth-order valence-electron chi connectivity index (χ4n) is 2.38. The third-order valence-corrected chi connectivity index (χ3v) is 4.10. The molecule has 5 nitrogen and oxygen atoms in total. The Morgan fingerprint density at radius 2 is 1.90 bits per heavy atom. The number of hydrogen-bond donors (Lipinski definition) is 2. The van der Waals surface area contributed by atoms with Crippen LogP contribution < -0.4 is 5.32 Å². The summed E-state index contributed by atoms with van der Waals surface area (Å²) in [7, 11) is 0. The van der Waals surface area contributed by atoms with Crippen LogP contribution in [0, 0.1) is 5.92 Å². The monoisotopic (exact) mass is 355 g/mol. The molecule has 1 heterocycles. The molecule has 6 heteroatoms. The summed E-state index contributed by atoms with van der Waals surface area (Å²) in [5, 5.41) is 11.9. The van der Waals surface area contributed by atoms with E-state index in [1.54, 1.807) is 24.3 Å². The molecule has 0 aromatic heterocycles. The Kier molecular flexibility index (Phi) is 5.76. The van der Waals surface area contributed by atoms with Crippen molar-refractivity contribution in [3.05, 3.63) is 34.3 Å². The van der Waals surface area contributed by atoms with Gasteiger partial charge < -0.3 is 15.2 Å². The molecular weight excluding hydrogens is 338 g/mol. The van der Waals surface area contributed by atoms with Gasteiger partial charge in [0.05, 0.1) is 0 Å². The number of carboxylic acids is 1. The first-order valence-electron chi connectivity index (χ1n) is 6.91. The van der Waals surface area contributed by atoms with E-state index in [4.69, 9.17) is 4.74 Å². The van der Waals surface area contributed by atoms with Crippen molar-refractivity contribution in [2.75, 3.05) is 13.2 Å². The van der Waals surface area contributed by atoms with Crippen LogP contribution in [0.3, 0.4) is 0 Å². The smallest absolute Gasteiger partial charge is 0.330 e. The molecule has 1 atom stereocenters. The van der Waals surface area contributed by atoms with Gasteiger partial charge in [0.25, 0.3) is 0 Å². The van der Waals surface area contributed by atoms with Gasteiger partial charge in [-0.05, 0) is 36.5 Å². The van der Waals surface area contributed by atoms with Crippen molar-refractivity contribution >= 4 is 27.8 Å². The van der Waals surface area contributed by atoms with Gasteiger partial charge in [-0.15, -0.1) is 0 Å². The summed E-state index contributed by atoms with van der Waals surface area (Å²) in [6, 6.07) is 5.89. The molecule has 1 saturated heterocycles. The molecular formula is C15H18BrNO4. The predicted octanol–water partition coefficient (Wildman–Crippen LogP) is 2.51. The summed E-state index contributed by atoms with van der Waals surface area (Å²) in [6.45, 7) is 1.35. The second kappa shape index (κ2) is 7.56. The standard InChI is InChI=1S/C15H18BrNO4/c16-12-3-1-11(2-4-12)14(15(19)20)17-13(18)9-10-5-7-21-8-6-10/h1-4,10,14H,5-9H2,(H,17,18)(H,19,20). The van der Waals surface area contributed by atoms with E-state index in [1.165, 1.54) is 0 Å². The van der Waals surface area contributed by atoms with Crippen molar-refractivity contribution < 1.29 is 19.4 Å². The molecule has 1 aliphatic rings. The van der Waals surface area contributed by atoms with Crippen molar-refractivity contribution in [2.45, 2.75) is 25.3 Å². The highest BCUT2D eigenvalue weighted by atomic mass is 79.9. The zero-order valence-electron chi connectivity index (χ0n) is 11.5. The zero-order valence-corrected chi connectivity index (χ0v) is 13.1. The number of carbonyl (C=O) groups is 2. The van der Waals surface area contributed by atoms with E-state index in [0.29, 0.717) is 25.2 Å². The van der Waals surface area contributed by atoms with E-state index in [9.17, 15) is 14.7 Å². The van der Waals surface area contributed by atoms with E-state index in [1.807, 2.05) is 0 Å². The third kappa shape index (κ3) is 4.82. The lowest BCUT2D eigenvalue weighted by Crippen LogP contribution is -2.35. The summed E-state index contributed by atoms with van der Waals surface area (Å²) < 4.78 is 6.12. The maximum absolute atomic E-state index is 12.0. The number of carboxylic acid groups (broad SMARTS) is 1. The van der Waals surface area contributed by atoms with Crippen LogP contribution in [0.15, 0.2) is 28.7 Å². The molecule has 0 spiro atoms. The number of ether oxygens (including phenoxy) is 1. The number of carbonyl (C=O) groups excluding carboxylic acids is 1. The summed E-state index contributed by atoms with van der Waals surface area (Å²) in [5.41, 5.74) is 0.561. The maximum Gasteiger partial charge on any atom is 0.330 e. The normalized spacial score (nSPS) is 17.2. The van der Waals surface area contributed by atoms with Crippen LogP contribution in [0.5, 0.6) is 0 Å². The van der Waals surface area contributed by atoms with Gasteiger partial charge in [-0.1, -0.05) is 28.1 Å². The number of benzene rings is 1. The Morgan fingerprint density at radius 3 is 2.48 bits per heavy atom. The first-order chi connectivity index (χ1) is 10.1. The van der Waals surface area contributed by atoms with E-state index >= 15 is 0 Å². The summed E-state index contributed by atoms with van der Waals surface area (Å²) in [4.78, 5) is 23.4. The first-order valence-corrected chi connectivity index (χ1v) is 7.71. The van der Waals surface area contributed by atoms with Gasteiger partial charge >= 0.3 is 5.97 Å². The van der Waals surface area contributed by atoms with Gasteiger partial charge in [0.2, 0.25) is 5.91 Å². The molecule has 2 rings (SSSR count). The molecule has 0 saturated carbocycles. The highest BCUT2D eigenvalue weighted by Crippen LogP contribution is 2.20. The SMILES string of the molecule is O=C(CC1CCOCC1)NC(C(=O)O)c1ccc(Br)cc1. The third-order valence-electron chi connectivity index (χ3n) is 3.57. The number of nitrogens with one attached hydrogen (secondary N) is 1. The Bertz CT molecular complexity index is 497. The quantitative estimate of drug-likeness (QED) is 0.850. The Hall–Kier alpha value is -1.40. The van der Waals surface area contributed by atoms with Crippen LogP contribution in [-0.4, -0.2) is 30.2 Å². The summed E-state index contributed by atoms with van der Waals surface area (Å²) in [6.07, 6.45) is 2.05. The molecule has 1 unspecified atom stereocenters. The number of aliphatic carboxylic acids is 1. The van der Waals surface area contributed by atoms with Crippen molar-refractivity contribution in [1.82, 2.24) is 5.32 Å². The molecule has 1 fully saturated rings. The molecule has 0 aliphatic carbocycles. The summed E-state index contributed by atoms with van der Waals surface area (Å²) in [5.74, 6) is -1.01. The van der Waals surface area contributed by atoms with Crippen LogP contribution in [0.1, 0.15) is 30.9 Å². The van der Waals surface area contributed by atoms with E-state index < -0.39 is 12.0 Å². The Labute approximate surface area is 131 Å². The van der Waals surface area contributed by atoms with Gasteiger partial charge in [-0.2, -0.15) is 0 Å². The van der Waals surface area contributed by atoms with Crippen LogP contribution in [0.2, 0.25) is 0 Å². The fraction of sp³-hybridized carbons (Fsp3) is 0.467. The lowest BCUT2D eigenvalue weighted by molar-refractivity contribution is -0.142. The number of amides is 1. The lowest BCUT2D eigenvalue weighted by Gasteiger charge is -2.22. The lowest BCUT2D eigenvalue weighted by atomic mass is 9.96. The molecule has 21 heavy (non-hydrogen) atoms. The van der Waals surface area contributed by atoms with Crippen LogP contribution >= 0.6 is 15.9 Å². The minimum absolute atomic E-state index is 0.225. The first kappa shape index (κ1) is 16.0. The minimum atomic E-state index is -1.06. The maximum atomic E-state index is 12.0. The van der Waals surface area contributed by atoms with Gasteiger partial charge in [0, 0.05) is 24.1 Å². The van der Waals surface area contributed by atoms with E-state index in [-0.39, 0.29) is 11.8 Å². The highest BCUT2D eigenvalue weighted by molar-refractivity contribution is 9.10. The highest BCUT2D eigenvalue weighted by Gasteiger charge is 2.24. The van der Waals surface area contributed by atoms with Gasteiger partial charge in [-0.25, -0.2) is 4.79 Å². The topological polar surface area (TPSA) is 75.6 Å². The Morgan fingerprint density at radius 1 is 1.29 bits per heavy atom. The Balaban J connectivity index is 1.97. The molecule has 0 bridgehead atoms. The molecule has 0 radical (unpaired) electrons. The molecule has 1 amide bonds. The largest absolute Gasteiger partial charge is 0.479 e. The van der Waals surface area contributed by atoms with Crippen molar-refractivity contribution in [1.29, 1.82) is 0 Å². The predicted molar refractivity (Wildman–Crippen MR) is 80.8 cm³/mol. The molecule has 114 valence electrons. The van der Waals surface area contributed by atoms with Crippen molar-refractivity contribution in [2.24, 2.45) is 5.92 Å². The average Bonchev–Trinajstić information content (AvgIpc) is 2.47. The van der Waals surface area contributed by atoms with Crippen LogP contribution in [-0.2, 0) is 14.3 Å². The van der Waals surface area contributed by atoms with E-state index in [2.05, 4.69) is 21.2 Å². The number of halogens is 1. The van der Waals surface area contributed by atoms with Crippen LogP contribution in [0.25, 0.3) is 0 Å². The average molecular weight is 356 g/mol.